The lowest BCUT2D eigenvalue weighted by atomic mass is 9.92. The van der Waals surface area contributed by atoms with Crippen molar-refractivity contribution in [3.05, 3.63) is 107 Å². The van der Waals surface area contributed by atoms with Crippen molar-refractivity contribution in [3.8, 4) is 5.75 Å². The van der Waals surface area contributed by atoms with E-state index in [1.807, 2.05) is 67.6 Å². The number of carbonyl (C=O) groups excluding carboxylic acids is 2. The van der Waals surface area contributed by atoms with Gasteiger partial charge >= 0.3 is 11.9 Å². The highest BCUT2D eigenvalue weighted by atomic mass is 16.5. The molecule has 0 heterocycles. The molecule has 1 atom stereocenters. The van der Waals surface area contributed by atoms with Gasteiger partial charge in [0.25, 0.3) is 0 Å². The molecule has 3 aromatic carbocycles. The number of rotatable bonds is 20. The lowest BCUT2D eigenvalue weighted by Gasteiger charge is -2.14. The first-order valence-corrected chi connectivity index (χ1v) is 15.5. The van der Waals surface area contributed by atoms with Gasteiger partial charge in [0.05, 0.1) is 32.0 Å². The van der Waals surface area contributed by atoms with Crippen LogP contribution < -0.4 is 4.74 Å². The first-order valence-electron chi connectivity index (χ1n) is 15.5. The Kier molecular flexibility index (Phi) is 15.7. The van der Waals surface area contributed by atoms with Crippen molar-refractivity contribution in [2.24, 2.45) is 5.92 Å². The number of unbranched alkanes of at least 4 members (excludes halogenated alkanes) is 2. The summed E-state index contributed by atoms with van der Waals surface area (Å²) < 4.78 is 22.1. The van der Waals surface area contributed by atoms with Crippen molar-refractivity contribution in [2.45, 2.75) is 65.4 Å². The normalized spacial score (nSPS) is 11.8. The Bertz CT molecular complexity index is 1240. The van der Waals surface area contributed by atoms with Gasteiger partial charge in [0, 0.05) is 18.6 Å². The molecular weight excluding hydrogens is 540 g/mol. The molecule has 230 valence electrons. The minimum absolute atomic E-state index is 0.141. The van der Waals surface area contributed by atoms with E-state index in [-0.39, 0.29) is 17.9 Å². The van der Waals surface area contributed by atoms with Gasteiger partial charge in [0.2, 0.25) is 0 Å². The van der Waals surface area contributed by atoms with E-state index in [9.17, 15) is 9.59 Å². The zero-order valence-corrected chi connectivity index (χ0v) is 25.7. The van der Waals surface area contributed by atoms with Gasteiger partial charge in [-0.25, -0.2) is 4.79 Å². The maximum atomic E-state index is 12.1. The summed E-state index contributed by atoms with van der Waals surface area (Å²) in [5, 5.41) is 0. The quantitative estimate of drug-likeness (QED) is 0.0981. The van der Waals surface area contributed by atoms with Gasteiger partial charge in [0.15, 0.2) is 0 Å². The number of benzene rings is 3. The maximum Gasteiger partial charge on any atom is 0.338 e. The topological polar surface area (TPSA) is 71.1 Å². The second-order valence-corrected chi connectivity index (χ2v) is 10.4. The molecule has 0 N–H and O–H groups in total. The molecule has 0 aromatic heterocycles. The largest absolute Gasteiger partial charge is 0.493 e. The van der Waals surface area contributed by atoms with Crippen LogP contribution in [0.1, 0.15) is 79.4 Å². The zero-order valence-electron chi connectivity index (χ0n) is 25.7. The Labute approximate surface area is 257 Å². The molecule has 0 bridgehead atoms. The second-order valence-electron chi connectivity index (χ2n) is 10.4. The molecule has 0 saturated carbocycles. The number of esters is 2. The molecule has 43 heavy (non-hydrogen) atoms. The molecule has 0 aliphatic carbocycles. The molecule has 0 aliphatic rings. The third-order valence-electron chi connectivity index (χ3n) is 6.99. The van der Waals surface area contributed by atoms with E-state index in [1.54, 1.807) is 6.92 Å². The highest BCUT2D eigenvalue weighted by molar-refractivity contribution is 5.89. The predicted octanol–water partition coefficient (Wildman–Crippen LogP) is 8.23. The molecule has 6 nitrogen and oxygen atoms in total. The molecule has 3 aromatic rings. The minimum atomic E-state index is -0.305. The fourth-order valence-electron chi connectivity index (χ4n) is 4.71. The molecule has 0 amide bonds. The van der Waals surface area contributed by atoms with E-state index in [0.717, 1.165) is 55.4 Å². The Morgan fingerprint density at radius 3 is 2.23 bits per heavy atom. The molecule has 1 unspecified atom stereocenters. The third-order valence-corrected chi connectivity index (χ3v) is 6.99. The van der Waals surface area contributed by atoms with Crippen molar-refractivity contribution >= 4 is 18.0 Å². The molecule has 0 fully saturated rings. The first-order chi connectivity index (χ1) is 21.1. The summed E-state index contributed by atoms with van der Waals surface area (Å²) in [5.74, 6) is 0.674. The predicted molar refractivity (Wildman–Crippen MR) is 171 cm³/mol. The van der Waals surface area contributed by atoms with E-state index in [1.165, 1.54) is 5.56 Å². The molecule has 6 heteroatoms. The Hall–Kier alpha value is -3.90. The van der Waals surface area contributed by atoms with E-state index in [2.05, 4.69) is 30.4 Å². The van der Waals surface area contributed by atoms with Crippen LogP contribution in [0.15, 0.2) is 84.9 Å². The van der Waals surface area contributed by atoms with Crippen LogP contribution >= 0.6 is 0 Å². The van der Waals surface area contributed by atoms with Gasteiger partial charge in [-0.2, -0.15) is 0 Å². The summed E-state index contributed by atoms with van der Waals surface area (Å²) in [5.41, 5.74) is 3.93. The van der Waals surface area contributed by atoms with Crippen LogP contribution in [0, 0.1) is 5.92 Å². The van der Waals surface area contributed by atoms with Gasteiger partial charge in [-0.1, -0.05) is 79.2 Å². The number of ether oxygens (including phenoxy) is 4. The van der Waals surface area contributed by atoms with Crippen molar-refractivity contribution in [3.63, 3.8) is 0 Å². The smallest absolute Gasteiger partial charge is 0.338 e. The SMILES string of the molecule is CCOC(=O)CCCCC(/C=C/c1ccccc1OCCCCOCc1ccccc1)Cc1ccc(C(=O)OCC)cc1. The number of allylic oxidation sites excluding steroid dienone is 1. The number of carbonyl (C=O) groups is 2. The van der Waals surface area contributed by atoms with Gasteiger partial charge < -0.3 is 18.9 Å². The van der Waals surface area contributed by atoms with E-state index in [0.29, 0.717) is 45.0 Å². The molecule has 0 radical (unpaired) electrons. The summed E-state index contributed by atoms with van der Waals surface area (Å²) in [6.45, 7) is 6.37. The van der Waals surface area contributed by atoms with Crippen LogP contribution in [0.3, 0.4) is 0 Å². The molecule has 3 rings (SSSR count). The molecule has 0 spiro atoms. The number of hydrogen-bond acceptors (Lipinski definition) is 6. The third kappa shape index (κ3) is 13.3. The van der Waals surface area contributed by atoms with Gasteiger partial charge in [0.1, 0.15) is 5.75 Å². The highest BCUT2D eigenvalue weighted by Crippen LogP contribution is 2.24. The lowest BCUT2D eigenvalue weighted by molar-refractivity contribution is -0.143. The van der Waals surface area contributed by atoms with Crippen LogP contribution in [0.2, 0.25) is 0 Å². The Morgan fingerprint density at radius 1 is 0.744 bits per heavy atom. The van der Waals surface area contributed by atoms with Crippen LogP contribution in [-0.2, 0) is 32.0 Å². The summed E-state index contributed by atoms with van der Waals surface area (Å²) in [6, 6.07) is 25.9. The number of hydrogen-bond donors (Lipinski definition) is 0. The Morgan fingerprint density at radius 2 is 1.47 bits per heavy atom. The summed E-state index contributed by atoms with van der Waals surface area (Å²) >= 11 is 0. The fourth-order valence-corrected chi connectivity index (χ4v) is 4.71. The minimum Gasteiger partial charge on any atom is -0.493 e. The average Bonchev–Trinajstić information content (AvgIpc) is 3.03. The highest BCUT2D eigenvalue weighted by Gasteiger charge is 2.11. The van der Waals surface area contributed by atoms with Gasteiger partial charge in [-0.05, 0) is 81.2 Å². The lowest BCUT2D eigenvalue weighted by Crippen LogP contribution is -2.07. The van der Waals surface area contributed by atoms with Crippen LogP contribution in [-0.4, -0.2) is 38.4 Å². The van der Waals surface area contributed by atoms with Crippen molar-refractivity contribution in [1.29, 1.82) is 0 Å². The molecular formula is C37H46O6. The molecule has 0 aliphatic heterocycles. The fraction of sp³-hybridized carbons (Fsp3) is 0.405. The first kappa shape index (κ1) is 33.6. The standard InChI is InChI=1S/C37H46O6/c1-3-41-36(38)19-11-8-14-30(28-31-21-24-34(25-22-31)37(39)42-4-2)20-23-33-17-9-10-18-35(33)43-27-13-12-26-40-29-32-15-6-5-7-16-32/h5-7,9-10,15-18,20-25,30H,3-4,8,11-14,19,26-29H2,1-2H3/b23-20+. The van der Waals surface area contributed by atoms with Gasteiger partial charge in [-0.3, -0.25) is 4.79 Å². The summed E-state index contributed by atoms with van der Waals surface area (Å²) in [4.78, 5) is 23.8. The van der Waals surface area contributed by atoms with Crippen LogP contribution in [0.5, 0.6) is 5.75 Å². The number of para-hydroxylation sites is 1. The van der Waals surface area contributed by atoms with Crippen molar-refractivity contribution in [2.75, 3.05) is 26.4 Å². The van der Waals surface area contributed by atoms with Crippen molar-refractivity contribution in [1.82, 2.24) is 0 Å². The second kappa shape index (κ2) is 20.1. The average molecular weight is 587 g/mol. The molecule has 0 saturated heterocycles. The van der Waals surface area contributed by atoms with E-state index >= 15 is 0 Å². The zero-order chi connectivity index (χ0) is 30.5. The Balaban J connectivity index is 1.54. The van der Waals surface area contributed by atoms with Crippen LogP contribution in [0.4, 0.5) is 0 Å². The van der Waals surface area contributed by atoms with E-state index in [4.69, 9.17) is 18.9 Å². The van der Waals surface area contributed by atoms with E-state index < -0.39 is 0 Å². The van der Waals surface area contributed by atoms with Gasteiger partial charge in [-0.15, -0.1) is 0 Å². The van der Waals surface area contributed by atoms with Crippen molar-refractivity contribution < 1.29 is 28.5 Å². The maximum absolute atomic E-state index is 12.1. The summed E-state index contributed by atoms with van der Waals surface area (Å²) in [7, 11) is 0. The van der Waals surface area contributed by atoms with Crippen LogP contribution in [0.25, 0.3) is 6.08 Å². The monoisotopic (exact) mass is 586 g/mol. The summed E-state index contributed by atoms with van der Waals surface area (Å²) in [6.07, 6.45) is 10.1.